The van der Waals surface area contributed by atoms with Crippen LogP contribution >= 0.6 is 23.4 Å². The molecule has 0 saturated carbocycles. The molecule has 0 aliphatic rings. The summed E-state index contributed by atoms with van der Waals surface area (Å²) in [4.78, 5) is 24.2. The summed E-state index contributed by atoms with van der Waals surface area (Å²) < 4.78 is 3.70. The average Bonchev–Trinajstić information content (AvgIpc) is 2.57. The Hall–Kier alpha value is -2.05. The van der Waals surface area contributed by atoms with Crippen LogP contribution in [0.15, 0.2) is 59.5 Å². The van der Waals surface area contributed by atoms with Crippen molar-refractivity contribution in [2.45, 2.75) is 16.6 Å². The molecule has 0 fully saturated rings. The molecule has 2 rings (SSSR count). The third-order valence-corrected chi connectivity index (χ3v) is 4.94. The van der Waals surface area contributed by atoms with Gasteiger partial charge in [-0.3, -0.25) is 10.1 Å². The van der Waals surface area contributed by atoms with Crippen molar-refractivity contribution in [1.29, 1.82) is 0 Å². The van der Waals surface area contributed by atoms with Gasteiger partial charge in [-0.1, -0.05) is 53.7 Å². The normalized spacial score (nSPS) is 13.1. The number of hydrogen-bond donors (Lipinski definition) is 0. The molecule has 7 heteroatoms. The highest BCUT2D eigenvalue weighted by atomic mass is 35.5. The Morgan fingerprint density at radius 2 is 1.83 bits per heavy atom. The van der Waals surface area contributed by atoms with E-state index in [1.165, 1.54) is 0 Å². The first-order valence-electron chi connectivity index (χ1n) is 7.27. The number of thioether (sulfide) groups is 1. The van der Waals surface area contributed by atoms with E-state index in [0.29, 0.717) is 15.5 Å². The predicted octanol–water partition coefficient (Wildman–Crippen LogP) is 4.17. The first-order valence-corrected chi connectivity index (χ1v) is 8.46. The minimum atomic E-state index is -1.46. The van der Waals surface area contributed by atoms with Crippen LogP contribution < -0.4 is 0 Å². The second kappa shape index (κ2) is 8.17. The summed E-state index contributed by atoms with van der Waals surface area (Å²) in [6, 6.07) is 15.5. The summed E-state index contributed by atoms with van der Waals surface area (Å²) in [5, 5.41) is 11.9. The maximum atomic E-state index is 12.7. The van der Waals surface area contributed by atoms with E-state index in [1.54, 1.807) is 61.5 Å². The SMILES string of the molecule is CCOC(=O)[C@](C[N+](=O)[O-])(Sc1ccc(Cl)cc1)c1ccccc1. The monoisotopic (exact) mass is 365 g/mol. The van der Waals surface area contributed by atoms with Crippen LogP contribution in [0.2, 0.25) is 5.02 Å². The zero-order chi connectivity index (χ0) is 17.6. The van der Waals surface area contributed by atoms with E-state index in [0.717, 1.165) is 11.8 Å². The Bertz CT molecular complexity index is 708. The third-order valence-electron chi connectivity index (χ3n) is 3.30. The number of carbonyl (C=O) groups excluding carboxylic acids is 1. The zero-order valence-corrected chi connectivity index (χ0v) is 14.5. The molecule has 1 atom stereocenters. The Kier molecular flexibility index (Phi) is 6.23. The lowest BCUT2D eigenvalue weighted by Gasteiger charge is -2.27. The van der Waals surface area contributed by atoms with Gasteiger partial charge in [0.2, 0.25) is 11.3 Å². The predicted molar refractivity (Wildman–Crippen MR) is 93.9 cm³/mol. The van der Waals surface area contributed by atoms with Gasteiger partial charge < -0.3 is 4.74 Å². The van der Waals surface area contributed by atoms with Crippen LogP contribution in [-0.4, -0.2) is 24.0 Å². The van der Waals surface area contributed by atoms with Crippen molar-refractivity contribution < 1.29 is 14.5 Å². The van der Waals surface area contributed by atoms with Gasteiger partial charge in [-0.15, -0.1) is 0 Å². The van der Waals surface area contributed by atoms with Crippen LogP contribution in [0.4, 0.5) is 0 Å². The molecule has 2 aromatic rings. The molecule has 0 spiro atoms. The van der Waals surface area contributed by atoms with Gasteiger partial charge in [0.1, 0.15) is 0 Å². The second-order valence-corrected chi connectivity index (χ2v) is 6.77. The van der Waals surface area contributed by atoms with E-state index in [4.69, 9.17) is 16.3 Å². The van der Waals surface area contributed by atoms with Crippen LogP contribution in [0.1, 0.15) is 12.5 Å². The van der Waals surface area contributed by atoms with Gasteiger partial charge >= 0.3 is 5.97 Å². The Balaban J connectivity index is 2.53. The zero-order valence-electron chi connectivity index (χ0n) is 13.0. The number of nitro groups is 1. The minimum Gasteiger partial charge on any atom is -0.464 e. The lowest BCUT2D eigenvalue weighted by molar-refractivity contribution is -0.484. The molecule has 0 radical (unpaired) electrons. The molecular weight excluding hydrogens is 350 g/mol. The fourth-order valence-corrected chi connectivity index (χ4v) is 3.61. The van der Waals surface area contributed by atoms with E-state index >= 15 is 0 Å². The van der Waals surface area contributed by atoms with E-state index in [9.17, 15) is 14.9 Å². The van der Waals surface area contributed by atoms with Gasteiger partial charge in [0.25, 0.3) is 0 Å². The van der Waals surface area contributed by atoms with Crippen LogP contribution in [0, 0.1) is 10.1 Å². The van der Waals surface area contributed by atoms with Gasteiger partial charge in [0, 0.05) is 14.8 Å². The van der Waals surface area contributed by atoms with Crippen molar-refractivity contribution in [1.82, 2.24) is 0 Å². The molecule has 0 saturated heterocycles. The van der Waals surface area contributed by atoms with Crippen molar-refractivity contribution in [2.24, 2.45) is 0 Å². The smallest absolute Gasteiger partial charge is 0.334 e. The van der Waals surface area contributed by atoms with Gasteiger partial charge in [0.15, 0.2) is 0 Å². The molecule has 0 bridgehead atoms. The summed E-state index contributed by atoms with van der Waals surface area (Å²) in [6.45, 7) is 1.24. The quantitative estimate of drug-likeness (QED) is 0.319. The fourth-order valence-electron chi connectivity index (χ4n) is 2.25. The van der Waals surface area contributed by atoms with Crippen LogP contribution in [0.3, 0.4) is 0 Å². The number of esters is 1. The number of halogens is 1. The maximum Gasteiger partial charge on any atom is 0.334 e. The van der Waals surface area contributed by atoms with Crippen LogP contribution in [0.25, 0.3) is 0 Å². The lowest BCUT2D eigenvalue weighted by atomic mass is 9.98. The summed E-state index contributed by atoms with van der Waals surface area (Å²) >= 11 is 6.99. The largest absolute Gasteiger partial charge is 0.464 e. The van der Waals surface area contributed by atoms with Gasteiger partial charge in [-0.05, 0) is 36.8 Å². The summed E-state index contributed by atoms with van der Waals surface area (Å²) in [7, 11) is 0. The molecule has 0 aliphatic carbocycles. The topological polar surface area (TPSA) is 69.4 Å². The van der Waals surface area contributed by atoms with Crippen molar-refractivity contribution in [3.8, 4) is 0 Å². The molecule has 0 aliphatic heterocycles. The first kappa shape index (κ1) is 18.3. The first-order chi connectivity index (χ1) is 11.5. The standard InChI is InChI=1S/C17H16ClNO4S/c1-2-23-16(20)17(12-19(21)22,13-6-4-3-5-7-13)24-15-10-8-14(18)9-11-15/h3-11H,2,12H2,1H3/t17-/m1/s1. The van der Waals surface area contributed by atoms with Crippen molar-refractivity contribution in [2.75, 3.05) is 13.2 Å². The number of ether oxygens (including phenoxy) is 1. The molecule has 24 heavy (non-hydrogen) atoms. The Morgan fingerprint density at radius 3 is 2.38 bits per heavy atom. The van der Waals surface area contributed by atoms with Gasteiger partial charge in [0.05, 0.1) is 6.61 Å². The van der Waals surface area contributed by atoms with Crippen molar-refractivity contribution in [3.63, 3.8) is 0 Å². The van der Waals surface area contributed by atoms with E-state index < -0.39 is 22.2 Å². The van der Waals surface area contributed by atoms with Crippen molar-refractivity contribution in [3.05, 3.63) is 75.3 Å². The van der Waals surface area contributed by atoms with Gasteiger partial charge in [-0.2, -0.15) is 0 Å². The molecule has 126 valence electrons. The summed E-state index contributed by atoms with van der Waals surface area (Å²) in [5.74, 6) is -0.632. The Labute approximate surface area is 149 Å². The number of nitrogens with zero attached hydrogens (tertiary/aromatic N) is 1. The second-order valence-electron chi connectivity index (χ2n) is 4.96. The summed E-state index contributed by atoms with van der Waals surface area (Å²) in [5.41, 5.74) is 0.528. The molecule has 5 nitrogen and oxygen atoms in total. The molecule has 0 amide bonds. The highest BCUT2D eigenvalue weighted by Gasteiger charge is 2.48. The minimum absolute atomic E-state index is 0.145. The highest BCUT2D eigenvalue weighted by molar-refractivity contribution is 8.01. The number of carbonyl (C=O) groups is 1. The number of rotatable bonds is 7. The van der Waals surface area contributed by atoms with Crippen LogP contribution in [-0.2, 0) is 14.3 Å². The Morgan fingerprint density at radius 1 is 1.21 bits per heavy atom. The molecule has 2 aromatic carbocycles. The van der Waals surface area contributed by atoms with E-state index in [1.807, 2.05) is 0 Å². The highest BCUT2D eigenvalue weighted by Crippen LogP contribution is 2.43. The molecule has 0 aromatic heterocycles. The number of benzene rings is 2. The molecular formula is C17H16ClNO4S. The molecule has 0 N–H and O–H groups in total. The van der Waals surface area contributed by atoms with E-state index in [2.05, 4.69) is 0 Å². The average molecular weight is 366 g/mol. The maximum absolute atomic E-state index is 12.7. The van der Waals surface area contributed by atoms with Crippen LogP contribution in [0.5, 0.6) is 0 Å². The fraction of sp³-hybridized carbons (Fsp3) is 0.235. The lowest BCUT2D eigenvalue weighted by Crippen LogP contribution is -2.40. The molecule has 0 heterocycles. The number of hydrogen-bond acceptors (Lipinski definition) is 5. The molecule has 0 unspecified atom stereocenters. The summed E-state index contributed by atoms with van der Waals surface area (Å²) in [6.07, 6.45) is 0. The third kappa shape index (κ3) is 4.27. The van der Waals surface area contributed by atoms with Crippen molar-refractivity contribution >= 4 is 29.3 Å². The van der Waals surface area contributed by atoms with Gasteiger partial charge in [-0.25, -0.2) is 4.79 Å². The van der Waals surface area contributed by atoms with E-state index in [-0.39, 0.29) is 6.61 Å².